The third-order valence-electron chi connectivity index (χ3n) is 4.76. The molecule has 0 radical (unpaired) electrons. The van der Waals surface area contributed by atoms with E-state index in [1.165, 1.54) is 0 Å². The van der Waals surface area contributed by atoms with Crippen LogP contribution in [0.5, 0.6) is 0 Å². The quantitative estimate of drug-likeness (QED) is 0.544. The van der Waals surface area contributed by atoms with Gasteiger partial charge in [0.25, 0.3) is 5.91 Å². The standard InChI is InChI=1S/C21H21Cl2N3O2/c1-4-12(2)18(24-20(27)15-7-5-6-8-16(15)22)21-25-19(26-28-21)14-10-9-13(3)17(23)11-14/h5-12,18H,4H2,1-3H3,(H,24,27)/t12-,18-/m0/s1. The van der Waals surface area contributed by atoms with Crippen LogP contribution in [0.25, 0.3) is 11.4 Å². The molecule has 0 spiro atoms. The first-order chi connectivity index (χ1) is 13.4. The van der Waals surface area contributed by atoms with Gasteiger partial charge in [0.1, 0.15) is 6.04 Å². The maximum Gasteiger partial charge on any atom is 0.253 e. The van der Waals surface area contributed by atoms with Gasteiger partial charge in [0.05, 0.1) is 10.6 Å². The van der Waals surface area contributed by atoms with Gasteiger partial charge < -0.3 is 9.84 Å². The molecule has 1 aromatic heterocycles. The molecule has 0 aliphatic rings. The van der Waals surface area contributed by atoms with Crippen LogP contribution in [-0.4, -0.2) is 16.0 Å². The first-order valence-electron chi connectivity index (χ1n) is 9.06. The summed E-state index contributed by atoms with van der Waals surface area (Å²) in [7, 11) is 0. The Morgan fingerprint density at radius 3 is 2.61 bits per heavy atom. The van der Waals surface area contributed by atoms with Crippen molar-refractivity contribution in [2.45, 2.75) is 33.2 Å². The fourth-order valence-electron chi connectivity index (χ4n) is 2.76. The number of carbonyl (C=O) groups excluding carboxylic acids is 1. The monoisotopic (exact) mass is 417 g/mol. The van der Waals surface area contributed by atoms with E-state index in [0.717, 1.165) is 17.5 Å². The molecule has 0 unspecified atom stereocenters. The van der Waals surface area contributed by atoms with Crippen molar-refractivity contribution >= 4 is 29.1 Å². The van der Waals surface area contributed by atoms with Crippen LogP contribution in [0.1, 0.15) is 48.1 Å². The Hall–Kier alpha value is -2.37. The molecule has 0 aliphatic heterocycles. The van der Waals surface area contributed by atoms with Crippen molar-refractivity contribution < 1.29 is 9.32 Å². The fourth-order valence-corrected chi connectivity index (χ4v) is 3.16. The summed E-state index contributed by atoms with van der Waals surface area (Å²) in [6.45, 7) is 5.98. The molecule has 28 heavy (non-hydrogen) atoms. The molecular formula is C21H21Cl2N3O2. The molecule has 1 N–H and O–H groups in total. The molecule has 0 fully saturated rings. The van der Waals surface area contributed by atoms with Crippen molar-refractivity contribution in [2.24, 2.45) is 5.92 Å². The van der Waals surface area contributed by atoms with Crippen LogP contribution < -0.4 is 5.32 Å². The Bertz CT molecular complexity index is 987. The number of carbonyl (C=O) groups is 1. The first kappa shape index (κ1) is 20.4. The minimum absolute atomic E-state index is 0.0846. The molecule has 3 rings (SSSR count). The van der Waals surface area contributed by atoms with Crippen LogP contribution in [0.15, 0.2) is 47.0 Å². The molecule has 7 heteroatoms. The minimum Gasteiger partial charge on any atom is -0.340 e. The number of halogens is 2. The summed E-state index contributed by atoms with van der Waals surface area (Å²) in [5.74, 6) is 0.578. The topological polar surface area (TPSA) is 68.0 Å². The van der Waals surface area contributed by atoms with Crippen LogP contribution >= 0.6 is 23.2 Å². The molecule has 146 valence electrons. The van der Waals surface area contributed by atoms with Gasteiger partial charge in [-0.3, -0.25) is 4.79 Å². The van der Waals surface area contributed by atoms with E-state index in [-0.39, 0.29) is 11.8 Å². The molecule has 1 heterocycles. The zero-order chi connectivity index (χ0) is 20.3. The number of aromatic nitrogens is 2. The van der Waals surface area contributed by atoms with Crippen molar-refractivity contribution in [3.63, 3.8) is 0 Å². The first-order valence-corrected chi connectivity index (χ1v) is 9.81. The highest BCUT2D eigenvalue weighted by atomic mass is 35.5. The molecule has 5 nitrogen and oxygen atoms in total. The number of amides is 1. The van der Waals surface area contributed by atoms with Crippen LogP contribution in [0.4, 0.5) is 0 Å². The number of nitrogens with zero attached hydrogens (tertiary/aromatic N) is 2. The Labute approximate surface area is 174 Å². The lowest BCUT2D eigenvalue weighted by Crippen LogP contribution is -2.33. The SMILES string of the molecule is CC[C@H](C)[C@H](NC(=O)c1ccccc1Cl)c1nc(-c2ccc(C)c(Cl)c2)no1. The van der Waals surface area contributed by atoms with Gasteiger partial charge in [-0.25, -0.2) is 0 Å². The van der Waals surface area contributed by atoms with Crippen molar-refractivity contribution in [2.75, 3.05) is 0 Å². The fraction of sp³-hybridized carbons (Fsp3) is 0.286. The van der Waals surface area contributed by atoms with E-state index in [1.54, 1.807) is 30.3 Å². The van der Waals surface area contributed by atoms with Crippen molar-refractivity contribution in [3.8, 4) is 11.4 Å². The highest BCUT2D eigenvalue weighted by Gasteiger charge is 2.27. The van der Waals surface area contributed by atoms with Crippen LogP contribution in [0.2, 0.25) is 10.0 Å². The van der Waals surface area contributed by atoms with E-state index in [4.69, 9.17) is 27.7 Å². The van der Waals surface area contributed by atoms with Gasteiger partial charge in [-0.1, -0.05) is 72.9 Å². The summed E-state index contributed by atoms with van der Waals surface area (Å²) in [4.78, 5) is 17.2. The maximum absolute atomic E-state index is 12.7. The number of nitrogens with one attached hydrogen (secondary N) is 1. The largest absolute Gasteiger partial charge is 0.340 e. The Morgan fingerprint density at radius 2 is 1.93 bits per heavy atom. The third-order valence-corrected chi connectivity index (χ3v) is 5.49. The molecule has 0 saturated heterocycles. The summed E-state index contributed by atoms with van der Waals surface area (Å²) in [6.07, 6.45) is 0.821. The number of hydrogen-bond donors (Lipinski definition) is 1. The molecule has 0 saturated carbocycles. The average molecular weight is 418 g/mol. The van der Waals surface area contributed by atoms with E-state index < -0.39 is 6.04 Å². The maximum atomic E-state index is 12.7. The van der Waals surface area contributed by atoms with E-state index in [0.29, 0.717) is 27.3 Å². The second-order valence-electron chi connectivity index (χ2n) is 6.74. The molecule has 2 aromatic carbocycles. The number of hydrogen-bond acceptors (Lipinski definition) is 4. The predicted molar refractivity (Wildman–Crippen MR) is 111 cm³/mol. The van der Waals surface area contributed by atoms with E-state index in [9.17, 15) is 4.79 Å². The Balaban J connectivity index is 1.88. The lowest BCUT2D eigenvalue weighted by Gasteiger charge is -2.21. The van der Waals surface area contributed by atoms with Crippen molar-refractivity contribution in [1.29, 1.82) is 0 Å². The van der Waals surface area contributed by atoms with E-state index in [1.807, 2.05) is 32.9 Å². The van der Waals surface area contributed by atoms with Gasteiger partial charge in [0.15, 0.2) is 0 Å². The number of benzene rings is 2. The minimum atomic E-state index is -0.434. The number of aryl methyl sites for hydroxylation is 1. The van der Waals surface area contributed by atoms with Gasteiger partial charge in [0, 0.05) is 10.6 Å². The molecule has 1 amide bonds. The van der Waals surface area contributed by atoms with Gasteiger partial charge in [-0.05, 0) is 36.6 Å². The summed E-state index contributed by atoms with van der Waals surface area (Å²) < 4.78 is 5.49. The van der Waals surface area contributed by atoms with Crippen LogP contribution in [0.3, 0.4) is 0 Å². The summed E-state index contributed by atoms with van der Waals surface area (Å²) in [5.41, 5.74) is 2.13. The van der Waals surface area contributed by atoms with Crippen molar-refractivity contribution in [3.05, 3.63) is 69.5 Å². The lowest BCUT2D eigenvalue weighted by atomic mass is 9.98. The molecule has 2 atom stereocenters. The second kappa shape index (κ2) is 8.76. The normalized spacial score (nSPS) is 13.2. The van der Waals surface area contributed by atoms with Crippen LogP contribution in [-0.2, 0) is 0 Å². The zero-order valence-electron chi connectivity index (χ0n) is 15.9. The van der Waals surface area contributed by atoms with Gasteiger partial charge >= 0.3 is 0 Å². The average Bonchev–Trinajstić information content (AvgIpc) is 3.17. The van der Waals surface area contributed by atoms with E-state index in [2.05, 4.69) is 15.5 Å². The summed E-state index contributed by atoms with van der Waals surface area (Å²) in [5, 5.41) is 8.08. The lowest BCUT2D eigenvalue weighted by molar-refractivity contribution is 0.0910. The molecule has 0 bridgehead atoms. The van der Waals surface area contributed by atoms with Gasteiger partial charge in [0.2, 0.25) is 11.7 Å². The van der Waals surface area contributed by atoms with Crippen molar-refractivity contribution in [1.82, 2.24) is 15.5 Å². The molecule has 3 aromatic rings. The highest BCUT2D eigenvalue weighted by Crippen LogP contribution is 2.28. The predicted octanol–water partition coefficient (Wildman–Crippen LogP) is 5.87. The summed E-state index contributed by atoms with van der Waals surface area (Å²) >= 11 is 12.4. The summed E-state index contributed by atoms with van der Waals surface area (Å²) in [6, 6.07) is 12.1. The highest BCUT2D eigenvalue weighted by molar-refractivity contribution is 6.33. The second-order valence-corrected chi connectivity index (χ2v) is 7.55. The van der Waals surface area contributed by atoms with E-state index >= 15 is 0 Å². The smallest absolute Gasteiger partial charge is 0.253 e. The third kappa shape index (κ3) is 4.37. The van der Waals surface area contributed by atoms with Gasteiger partial charge in [-0.15, -0.1) is 0 Å². The molecule has 0 aliphatic carbocycles. The zero-order valence-corrected chi connectivity index (χ0v) is 17.4. The Kier molecular flexibility index (Phi) is 6.37. The van der Waals surface area contributed by atoms with Crippen LogP contribution in [0, 0.1) is 12.8 Å². The number of rotatable bonds is 6. The Morgan fingerprint density at radius 1 is 1.18 bits per heavy atom. The molecular weight excluding hydrogens is 397 g/mol. The van der Waals surface area contributed by atoms with Gasteiger partial charge in [-0.2, -0.15) is 4.98 Å².